The highest BCUT2D eigenvalue weighted by Crippen LogP contribution is 2.34. The molecule has 1 aliphatic heterocycles. The van der Waals surface area contributed by atoms with Crippen LogP contribution < -0.4 is 14.8 Å². The molecule has 5 nitrogen and oxygen atoms in total. The largest absolute Gasteiger partial charge is 0.484 e. The number of nitrogens with zero attached hydrogens (tertiary/aromatic N) is 2. The Labute approximate surface area is 138 Å². The van der Waals surface area contributed by atoms with Gasteiger partial charge < -0.3 is 14.8 Å². The molecule has 0 spiro atoms. The van der Waals surface area contributed by atoms with E-state index in [1.165, 1.54) is 0 Å². The van der Waals surface area contributed by atoms with Crippen molar-refractivity contribution < 1.29 is 9.47 Å². The van der Waals surface area contributed by atoms with Crippen molar-refractivity contribution in [3.63, 3.8) is 0 Å². The molecule has 0 unspecified atom stereocenters. The first-order valence-electron chi connectivity index (χ1n) is 7.34. The van der Waals surface area contributed by atoms with Gasteiger partial charge in [-0.25, -0.2) is 4.98 Å². The highest BCUT2D eigenvalue weighted by atomic mass is 35.5. The molecule has 0 radical (unpaired) electrons. The summed E-state index contributed by atoms with van der Waals surface area (Å²) in [6, 6.07) is 12.9. The second-order valence-electron chi connectivity index (χ2n) is 5.29. The normalized spacial score (nSPS) is 14.5. The van der Waals surface area contributed by atoms with Gasteiger partial charge in [0.15, 0.2) is 17.1 Å². The lowest BCUT2D eigenvalue weighted by atomic mass is 10.2. The summed E-state index contributed by atoms with van der Waals surface area (Å²) >= 11 is 6.07. The topological polar surface area (TPSA) is 56.3 Å². The third kappa shape index (κ3) is 3.06. The summed E-state index contributed by atoms with van der Waals surface area (Å²) in [4.78, 5) is 8.65. The van der Waals surface area contributed by atoms with Crippen molar-refractivity contribution in [1.82, 2.24) is 15.3 Å². The van der Waals surface area contributed by atoms with Crippen LogP contribution in [0.25, 0.3) is 11.0 Å². The van der Waals surface area contributed by atoms with E-state index in [0.29, 0.717) is 28.0 Å². The zero-order chi connectivity index (χ0) is 15.6. The first-order chi connectivity index (χ1) is 11.3. The molecule has 1 saturated heterocycles. The van der Waals surface area contributed by atoms with Gasteiger partial charge in [0, 0.05) is 41.8 Å². The molecule has 0 amide bonds. The molecule has 1 aromatic carbocycles. The summed E-state index contributed by atoms with van der Waals surface area (Å²) in [5.74, 6) is 1.67. The molecule has 1 N–H and O–H groups in total. The van der Waals surface area contributed by atoms with Crippen LogP contribution >= 0.6 is 11.6 Å². The number of fused-ring (bicyclic) bond motifs is 1. The molecule has 3 heterocycles. The molecule has 0 aliphatic carbocycles. The lowest BCUT2D eigenvalue weighted by Gasteiger charge is -2.28. The molecule has 1 aliphatic rings. The molecule has 0 bridgehead atoms. The van der Waals surface area contributed by atoms with E-state index in [9.17, 15) is 0 Å². The van der Waals surface area contributed by atoms with E-state index in [2.05, 4.69) is 15.3 Å². The number of nitrogens with one attached hydrogen (secondary N) is 1. The summed E-state index contributed by atoms with van der Waals surface area (Å²) in [7, 11) is 0. The van der Waals surface area contributed by atoms with Crippen LogP contribution in [-0.4, -0.2) is 29.2 Å². The number of pyridine rings is 2. The third-order valence-electron chi connectivity index (χ3n) is 3.60. The summed E-state index contributed by atoms with van der Waals surface area (Å²) in [5.41, 5.74) is 0.643. The Hall–Kier alpha value is -2.37. The van der Waals surface area contributed by atoms with Crippen molar-refractivity contribution >= 4 is 22.6 Å². The van der Waals surface area contributed by atoms with Crippen molar-refractivity contribution in [3.8, 4) is 17.4 Å². The van der Waals surface area contributed by atoms with Gasteiger partial charge in [-0.3, -0.25) is 0 Å². The van der Waals surface area contributed by atoms with Gasteiger partial charge in [0.1, 0.15) is 6.10 Å². The minimum Gasteiger partial charge on any atom is -0.484 e. The molecule has 2 aromatic heterocycles. The van der Waals surface area contributed by atoms with Gasteiger partial charge in [-0.05, 0) is 30.3 Å². The van der Waals surface area contributed by atoms with Gasteiger partial charge in [0.2, 0.25) is 5.88 Å². The number of hydrogen-bond donors (Lipinski definition) is 1. The van der Waals surface area contributed by atoms with Crippen LogP contribution in [0.4, 0.5) is 0 Å². The van der Waals surface area contributed by atoms with Crippen LogP contribution in [0, 0.1) is 0 Å². The van der Waals surface area contributed by atoms with Crippen molar-refractivity contribution in [2.24, 2.45) is 0 Å². The molecular formula is C17H14ClN3O2. The monoisotopic (exact) mass is 327 g/mol. The van der Waals surface area contributed by atoms with Crippen LogP contribution in [0.2, 0.25) is 5.02 Å². The van der Waals surface area contributed by atoms with Gasteiger partial charge >= 0.3 is 0 Å². The van der Waals surface area contributed by atoms with Crippen molar-refractivity contribution in [2.45, 2.75) is 6.10 Å². The molecule has 4 rings (SSSR count). The SMILES string of the molecule is Clc1ccc(Oc2ccc3cccnc3n2)c(OC2CNC2)c1. The second-order valence-corrected chi connectivity index (χ2v) is 5.73. The van der Waals surface area contributed by atoms with Gasteiger partial charge in [0.05, 0.1) is 0 Å². The Kier molecular flexibility index (Phi) is 3.73. The molecule has 116 valence electrons. The first kappa shape index (κ1) is 14.2. The summed E-state index contributed by atoms with van der Waals surface area (Å²) in [6.45, 7) is 1.65. The number of benzene rings is 1. The molecule has 3 aromatic rings. The second kappa shape index (κ2) is 6.02. The van der Waals surface area contributed by atoms with E-state index in [0.717, 1.165) is 18.5 Å². The number of rotatable bonds is 4. The first-order valence-corrected chi connectivity index (χ1v) is 7.72. The van der Waals surface area contributed by atoms with Gasteiger partial charge in [-0.15, -0.1) is 0 Å². The Morgan fingerprint density at radius 2 is 2.00 bits per heavy atom. The summed E-state index contributed by atoms with van der Waals surface area (Å²) in [6.07, 6.45) is 1.85. The van der Waals surface area contributed by atoms with Gasteiger partial charge in [0.25, 0.3) is 0 Å². The van der Waals surface area contributed by atoms with Gasteiger partial charge in [-0.1, -0.05) is 11.6 Å². The van der Waals surface area contributed by atoms with E-state index in [-0.39, 0.29) is 6.10 Å². The number of ether oxygens (including phenoxy) is 2. The van der Waals surface area contributed by atoms with Crippen LogP contribution in [0.5, 0.6) is 17.4 Å². The van der Waals surface area contributed by atoms with Gasteiger partial charge in [-0.2, -0.15) is 4.98 Å². The highest BCUT2D eigenvalue weighted by molar-refractivity contribution is 6.30. The predicted octanol–water partition coefficient (Wildman–Crippen LogP) is 3.43. The Morgan fingerprint density at radius 3 is 2.83 bits per heavy atom. The Bertz CT molecular complexity index is 852. The van der Waals surface area contributed by atoms with E-state index < -0.39 is 0 Å². The standard InChI is InChI=1S/C17H14ClN3O2/c18-12-4-5-14(15(8-12)22-13-9-19-10-13)23-16-6-3-11-2-1-7-20-17(11)21-16/h1-8,13,19H,9-10H2. The number of aromatic nitrogens is 2. The zero-order valence-corrected chi connectivity index (χ0v) is 13.0. The molecule has 1 fully saturated rings. The minimum absolute atomic E-state index is 0.141. The third-order valence-corrected chi connectivity index (χ3v) is 3.83. The molecule has 0 atom stereocenters. The Morgan fingerprint density at radius 1 is 1.09 bits per heavy atom. The average Bonchev–Trinajstić information content (AvgIpc) is 2.53. The Balaban J connectivity index is 1.63. The predicted molar refractivity (Wildman–Crippen MR) is 88.3 cm³/mol. The minimum atomic E-state index is 0.141. The van der Waals surface area contributed by atoms with Crippen molar-refractivity contribution in [3.05, 3.63) is 53.7 Å². The summed E-state index contributed by atoms with van der Waals surface area (Å²) < 4.78 is 11.8. The quantitative estimate of drug-likeness (QED) is 0.795. The molecule has 23 heavy (non-hydrogen) atoms. The zero-order valence-electron chi connectivity index (χ0n) is 12.2. The van der Waals surface area contributed by atoms with E-state index in [1.54, 1.807) is 24.4 Å². The fourth-order valence-electron chi connectivity index (χ4n) is 2.29. The lowest BCUT2D eigenvalue weighted by molar-refractivity contribution is 0.138. The highest BCUT2D eigenvalue weighted by Gasteiger charge is 2.20. The van der Waals surface area contributed by atoms with Crippen LogP contribution in [0.15, 0.2) is 48.7 Å². The lowest BCUT2D eigenvalue weighted by Crippen LogP contribution is -2.50. The van der Waals surface area contributed by atoms with Crippen LogP contribution in [0.3, 0.4) is 0 Å². The van der Waals surface area contributed by atoms with E-state index in [4.69, 9.17) is 21.1 Å². The fraction of sp³-hybridized carbons (Fsp3) is 0.176. The van der Waals surface area contributed by atoms with E-state index in [1.807, 2.05) is 24.3 Å². The number of hydrogen-bond acceptors (Lipinski definition) is 5. The number of halogens is 1. The van der Waals surface area contributed by atoms with E-state index >= 15 is 0 Å². The molecule has 0 saturated carbocycles. The van der Waals surface area contributed by atoms with Crippen LogP contribution in [-0.2, 0) is 0 Å². The molecule has 6 heteroatoms. The fourth-order valence-corrected chi connectivity index (χ4v) is 2.45. The van der Waals surface area contributed by atoms with Crippen molar-refractivity contribution in [2.75, 3.05) is 13.1 Å². The average molecular weight is 328 g/mol. The van der Waals surface area contributed by atoms with Crippen molar-refractivity contribution in [1.29, 1.82) is 0 Å². The smallest absolute Gasteiger partial charge is 0.221 e. The maximum atomic E-state index is 6.07. The maximum absolute atomic E-state index is 6.07. The molecular weight excluding hydrogens is 314 g/mol. The van der Waals surface area contributed by atoms with Crippen LogP contribution in [0.1, 0.15) is 0 Å². The summed E-state index contributed by atoms with van der Waals surface area (Å²) in [5, 5.41) is 4.74. The maximum Gasteiger partial charge on any atom is 0.221 e.